The molecule has 0 atom stereocenters. The minimum absolute atomic E-state index is 0.887. The maximum Gasteiger partial charge on any atom is 0.0500 e. The van der Waals surface area contributed by atoms with Crippen molar-refractivity contribution in [2.45, 2.75) is 52.4 Å². The van der Waals surface area contributed by atoms with Gasteiger partial charge in [-0.3, -0.25) is 0 Å². The summed E-state index contributed by atoms with van der Waals surface area (Å²) in [6.07, 6.45) is 11.9. The lowest BCUT2D eigenvalue weighted by Crippen LogP contribution is -1.95. The van der Waals surface area contributed by atoms with Gasteiger partial charge in [-0.25, -0.2) is 0 Å². The van der Waals surface area contributed by atoms with Crippen molar-refractivity contribution in [3.05, 3.63) is 12.2 Å². The molecule has 0 radical (unpaired) electrons. The molecule has 0 saturated carbocycles. The third-order valence-electron chi connectivity index (χ3n) is 2.06. The summed E-state index contributed by atoms with van der Waals surface area (Å²) < 4.78 is 5.46. The Morgan fingerprint density at radius 2 is 1.77 bits per heavy atom. The molecule has 1 heteroatoms. The molecule has 0 aliphatic carbocycles. The van der Waals surface area contributed by atoms with Crippen LogP contribution in [0.15, 0.2) is 12.2 Å². The summed E-state index contributed by atoms with van der Waals surface area (Å²) in [7, 11) is 0. The summed E-state index contributed by atoms with van der Waals surface area (Å²) in [5, 5.41) is 0. The van der Waals surface area contributed by atoms with Crippen LogP contribution < -0.4 is 0 Å². The zero-order valence-corrected chi connectivity index (χ0v) is 9.22. The van der Waals surface area contributed by atoms with Crippen LogP contribution in [0.25, 0.3) is 0 Å². The highest BCUT2D eigenvalue weighted by Gasteiger charge is 1.89. The number of unbranched alkanes of at least 4 members (excludes halogenated alkanes) is 4. The van der Waals surface area contributed by atoms with Crippen LogP contribution in [0.4, 0.5) is 0 Å². The highest BCUT2D eigenvalue weighted by atomic mass is 16.5. The zero-order chi connectivity index (χ0) is 9.78. The molecule has 13 heavy (non-hydrogen) atoms. The Balaban J connectivity index is 2.83. The number of hydrogen-bond acceptors (Lipinski definition) is 1. The molecule has 78 valence electrons. The lowest BCUT2D eigenvalue weighted by atomic mass is 10.2. The van der Waals surface area contributed by atoms with Gasteiger partial charge in [-0.05, 0) is 19.8 Å². The van der Waals surface area contributed by atoms with Crippen LogP contribution >= 0.6 is 0 Å². The normalized spacial score (nSPS) is 11.2. The van der Waals surface area contributed by atoms with Crippen LogP contribution in [-0.2, 0) is 4.74 Å². The monoisotopic (exact) mass is 184 g/mol. The van der Waals surface area contributed by atoms with E-state index in [2.05, 4.69) is 19.1 Å². The summed E-state index contributed by atoms with van der Waals surface area (Å²) in [5.74, 6) is 0. The van der Waals surface area contributed by atoms with E-state index in [9.17, 15) is 0 Å². The maximum atomic E-state index is 5.46. The molecule has 0 saturated heterocycles. The predicted molar refractivity (Wildman–Crippen MR) is 59.0 cm³/mol. The second-order valence-corrected chi connectivity index (χ2v) is 3.38. The lowest BCUT2D eigenvalue weighted by molar-refractivity contribution is 0.134. The van der Waals surface area contributed by atoms with E-state index in [1.54, 1.807) is 0 Å². The highest BCUT2D eigenvalue weighted by Crippen LogP contribution is 2.02. The van der Waals surface area contributed by atoms with Crippen LogP contribution in [-0.4, -0.2) is 13.2 Å². The highest BCUT2D eigenvalue weighted by molar-refractivity contribution is 4.75. The molecule has 0 aromatic heterocycles. The van der Waals surface area contributed by atoms with E-state index in [1.807, 2.05) is 6.92 Å². The van der Waals surface area contributed by atoms with Crippen molar-refractivity contribution in [1.82, 2.24) is 0 Å². The quantitative estimate of drug-likeness (QED) is 0.389. The Kier molecular flexibility index (Phi) is 11.4. The van der Waals surface area contributed by atoms with Gasteiger partial charge in [0, 0.05) is 6.61 Å². The first kappa shape index (κ1) is 12.7. The molecule has 0 aliphatic rings. The van der Waals surface area contributed by atoms with Crippen molar-refractivity contribution in [3.8, 4) is 0 Å². The van der Waals surface area contributed by atoms with Crippen molar-refractivity contribution in [2.75, 3.05) is 13.2 Å². The second kappa shape index (κ2) is 11.7. The number of ether oxygens (including phenoxy) is 1. The average molecular weight is 184 g/mol. The van der Waals surface area contributed by atoms with Gasteiger partial charge in [0.1, 0.15) is 0 Å². The van der Waals surface area contributed by atoms with Crippen LogP contribution in [0.3, 0.4) is 0 Å². The van der Waals surface area contributed by atoms with Gasteiger partial charge in [-0.1, -0.05) is 44.8 Å². The van der Waals surface area contributed by atoms with Gasteiger partial charge in [0.05, 0.1) is 6.61 Å². The fourth-order valence-electron chi connectivity index (χ4n) is 1.23. The standard InChI is InChI=1S/C12H24O/c1-3-5-7-8-10-12-13-11-9-6-4-2/h4,6H,3,5,7-12H2,1-2H3. The molecule has 0 spiro atoms. The summed E-state index contributed by atoms with van der Waals surface area (Å²) in [4.78, 5) is 0. The maximum absolute atomic E-state index is 5.46. The fraction of sp³-hybridized carbons (Fsp3) is 0.833. The van der Waals surface area contributed by atoms with E-state index >= 15 is 0 Å². The summed E-state index contributed by atoms with van der Waals surface area (Å²) >= 11 is 0. The topological polar surface area (TPSA) is 9.23 Å². The molecule has 0 aromatic carbocycles. The molecular weight excluding hydrogens is 160 g/mol. The van der Waals surface area contributed by atoms with Gasteiger partial charge >= 0.3 is 0 Å². The molecule has 0 heterocycles. The molecule has 0 fully saturated rings. The van der Waals surface area contributed by atoms with Crippen molar-refractivity contribution < 1.29 is 4.74 Å². The van der Waals surface area contributed by atoms with Gasteiger partial charge in [0.15, 0.2) is 0 Å². The second-order valence-electron chi connectivity index (χ2n) is 3.38. The van der Waals surface area contributed by atoms with E-state index in [0.29, 0.717) is 0 Å². The first-order valence-corrected chi connectivity index (χ1v) is 5.60. The van der Waals surface area contributed by atoms with E-state index in [-0.39, 0.29) is 0 Å². The van der Waals surface area contributed by atoms with E-state index in [4.69, 9.17) is 4.74 Å². The first-order chi connectivity index (χ1) is 6.41. The zero-order valence-electron chi connectivity index (χ0n) is 9.22. The van der Waals surface area contributed by atoms with Gasteiger partial charge in [0.2, 0.25) is 0 Å². The Bertz CT molecular complexity index is 108. The Labute approximate surface area is 83.2 Å². The Morgan fingerprint density at radius 3 is 2.46 bits per heavy atom. The van der Waals surface area contributed by atoms with E-state index in [0.717, 1.165) is 19.6 Å². The molecule has 0 N–H and O–H groups in total. The minimum atomic E-state index is 0.887. The molecule has 1 nitrogen and oxygen atoms in total. The smallest absolute Gasteiger partial charge is 0.0500 e. The minimum Gasteiger partial charge on any atom is -0.381 e. The van der Waals surface area contributed by atoms with E-state index < -0.39 is 0 Å². The molecule has 0 unspecified atom stereocenters. The van der Waals surface area contributed by atoms with Crippen molar-refractivity contribution in [1.29, 1.82) is 0 Å². The summed E-state index contributed by atoms with van der Waals surface area (Å²) in [6.45, 7) is 6.12. The van der Waals surface area contributed by atoms with Gasteiger partial charge < -0.3 is 4.74 Å². The van der Waals surface area contributed by atoms with Crippen LogP contribution in [0, 0.1) is 0 Å². The van der Waals surface area contributed by atoms with Crippen LogP contribution in [0.2, 0.25) is 0 Å². The largest absolute Gasteiger partial charge is 0.381 e. The SMILES string of the molecule is CC=CCCOCCCCCCC. The van der Waals surface area contributed by atoms with Crippen molar-refractivity contribution in [3.63, 3.8) is 0 Å². The van der Waals surface area contributed by atoms with Gasteiger partial charge in [0.25, 0.3) is 0 Å². The van der Waals surface area contributed by atoms with Crippen molar-refractivity contribution >= 4 is 0 Å². The van der Waals surface area contributed by atoms with Crippen molar-refractivity contribution in [2.24, 2.45) is 0 Å². The molecule has 0 aromatic rings. The molecule has 0 aliphatic heterocycles. The third kappa shape index (κ3) is 11.7. The average Bonchev–Trinajstić information content (AvgIpc) is 2.16. The molecule has 0 bridgehead atoms. The number of allylic oxidation sites excluding steroid dienone is 1. The Morgan fingerprint density at radius 1 is 1.00 bits per heavy atom. The van der Waals surface area contributed by atoms with Gasteiger partial charge in [-0.15, -0.1) is 0 Å². The number of hydrogen-bond donors (Lipinski definition) is 0. The first-order valence-electron chi connectivity index (χ1n) is 5.60. The third-order valence-corrected chi connectivity index (χ3v) is 2.06. The fourth-order valence-corrected chi connectivity index (χ4v) is 1.23. The van der Waals surface area contributed by atoms with Crippen LogP contribution in [0.5, 0.6) is 0 Å². The molecular formula is C12H24O. The Hall–Kier alpha value is -0.300. The molecule has 0 amide bonds. The molecule has 0 rings (SSSR count). The summed E-state index contributed by atoms with van der Waals surface area (Å²) in [5.41, 5.74) is 0. The predicted octanol–water partition coefficient (Wildman–Crippen LogP) is 3.94. The summed E-state index contributed by atoms with van der Waals surface area (Å²) in [6, 6.07) is 0. The van der Waals surface area contributed by atoms with Crippen LogP contribution in [0.1, 0.15) is 52.4 Å². The number of rotatable bonds is 9. The lowest BCUT2D eigenvalue weighted by Gasteiger charge is -2.01. The van der Waals surface area contributed by atoms with Gasteiger partial charge in [-0.2, -0.15) is 0 Å². The van der Waals surface area contributed by atoms with E-state index in [1.165, 1.54) is 32.1 Å².